The molecule has 2 atom stereocenters. The SMILES string of the molecule is I.c1ccc2c([C@@H]3C[C@H]3NC3=NCCCN3)cccc2c1. The molecule has 1 saturated carbocycles. The number of hydrogen-bond acceptors (Lipinski definition) is 3. The number of nitrogens with one attached hydrogen (secondary N) is 2. The Bertz CT molecular complexity index is 663. The van der Waals surface area contributed by atoms with Crippen molar-refractivity contribution in [2.75, 3.05) is 13.1 Å². The van der Waals surface area contributed by atoms with Crippen molar-refractivity contribution in [1.82, 2.24) is 10.6 Å². The highest BCUT2D eigenvalue weighted by molar-refractivity contribution is 14.0. The van der Waals surface area contributed by atoms with Gasteiger partial charge in [0.1, 0.15) is 0 Å². The van der Waals surface area contributed by atoms with Crippen LogP contribution < -0.4 is 10.6 Å². The zero-order valence-corrected chi connectivity index (χ0v) is 14.2. The van der Waals surface area contributed by atoms with Crippen LogP contribution >= 0.6 is 24.0 Å². The quantitative estimate of drug-likeness (QED) is 0.769. The molecule has 0 aromatic heterocycles. The summed E-state index contributed by atoms with van der Waals surface area (Å²) in [5.41, 5.74) is 1.47. The third kappa shape index (κ3) is 3.00. The summed E-state index contributed by atoms with van der Waals surface area (Å²) in [7, 11) is 0. The molecule has 3 nitrogen and oxygen atoms in total. The van der Waals surface area contributed by atoms with Crippen LogP contribution in [-0.2, 0) is 0 Å². The van der Waals surface area contributed by atoms with E-state index in [-0.39, 0.29) is 24.0 Å². The smallest absolute Gasteiger partial charge is 0.191 e. The highest BCUT2D eigenvalue weighted by Crippen LogP contribution is 2.43. The molecule has 1 heterocycles. The number of guanidine groups is 1. The predicted octanol–water partition coefficient (Wildman–Crippen LogP) is 3.25. The Kier molecular flexibility index (Phi) is 4.33. The first-order valence-electron chi connectivity index (χ1n) is 7.44. The van der Waals surface area contributed by atoms with Crippen LogP contribution in [0.5, 0.6) is 0 Å². The van der Waals surface area contributed by atoms with Gasteiger partial charge < -0.3 is 10.6 Å². The third-order valence-corrected chi connectivity index (χ3v) is 4.23. The van der Waals surface area contributed by atoms with E-state index in [1.807, 2.05) is 0 Å². The lowest BCUT2D eigenvalue weighted by Crippen LogP contribution is -2.42. The average molecular weight is 393 g/mol. The Balaban J connectivity index is 0.00000132. The zero-order valence-electron chi connectivity index (χ0n) is 11.9. The van der Waals surface area contributed by atoms with Gasteiger partial charge >= 0.3 is 0 Å². The number of halogens is 1. The van der Waals surface area contributed by atoms with Crippen LogP contribution in [0, 0.1) is 0 Å². The first kappa shape index (κ1) is 14.6. The van der Waals surface area contributed by atoms with Gasteiger partial charge in [-0.25, -0.2) is 0 Å². The third-order valence-electron chi connectivity index (χ3n) is 4.23. The van der Waals surface area contributed by atoms with E-state index in [9.17, 15) is 0 Å². The molecule has 0 saturated heterocycles. The van der Waals surface area contributed by atoms with Crippen LogP contribution in [0.4, 0.5) is 0 Å². The fourth-order valence-electron chi connectivity index (χ4n) is 3.08. The summed E-state index contributed by atoms with van der Waals surface area (Å²) in [4.78, 5) is 4.49. The summed E-state index contributed by atoms with van der Waals surface area (Å²) >= 11 is 0. The van der Waals surface area contributed by atoms with E-state index in [0.29, 0.717) is 12.0 Å². The van der Waals surface area contributed by atoms with Crippen molar-refractivity contribution in [3.8, 4) is 0 Å². The second-order valence-electron chi connectivity index (χ2n) is 5.67. The Morgan fingerprint density at radius 1 is 1.10 bits per heavy atom. The van der Waals surface area contributed by atoms with Crippen LogP contribution in [-0.4, -0.2) is 25.1 Å². The maximum Gasteiger partial charge on any atom is 0.191 e. The van der Waals surface area contributed by atoms with Gasteiger partial charge in [-0.3, -0.25) is 4.99 Å². The molecule has 1 aliphatic carbocycles. The minimum absolute atomic E-state index is 0. The number of rotatable bonds is 2. The van der Waals surface area contributed by atoms with E-state index in [2.05, 4.69) is 58.1 Å². The molecule has 2 aliphatic rings. The van der Waals surface area contributed by atoms with Gasteiger partial charge in [-0.15, -0.1) is 24.0 Å². The van der Waals surface area contributed by atoms with Gasteiger partial charge in [0.05, 0.1) is 0 Å². The highest BCUT2D eigenvalue weighted by atomic mass is 127. The van der Waals surface area contributed by atoms with E-state index in [1.54, 1.807) is 0 Å². The van der Waals surface area contributed by atoms with Crippen LogP contribution in [0.1, 0.15) is 24.3 Å². The summed E-state index contributed by atoms with van der Waals surface area (Å²) in [5, 5.41) is 9.61. The second kappa shape index (κ2) is 6.22. The molecule has 0 radical (unpaired) electrons. The molecule has 4 heteroatoms. The van der Waals surface area contributed by atoms with Gasteiger partial charge in [0.15, 0.2) is 5.96 Å². The lowest BCUT2D eigenvalue weighted by Gasteiger charge is -2.16. The second-order valence-corrected chi connectivity index (χ2v) is 5.67. The standard InChI is InChI=1S/C17H19N3.HI/c1-2-7-13-12(5-1)6-3-8-14(13)15-11-16(15)20-17-18-9-4-10-19-17;/h1-3,5-8,15-16H,4,9-11H2,(H2,18,19,20);1H/t15-,16+;/m0./s1. The van der Waals surface area contributed by atoms with Gasteiger partial charge in [-0.1, -0.05) is 42.5 Å². The van der Waals surface area contributed by atoms with Crippen molar-refractivity contribution < 1.29 is 0 Å². The summed E-state index contributed by atoms with van der Waals surface area (Å²) in [6, 6.07) is 15.8. The van der Waals surface area contributed by atoms with Crippen molar-refractivity contribution in [3.05, 3.63) is 48.0 Å². The fraction of sp³-hybridized carbons (Fsp3) is 0.353. The summed E-state index contributed by atoms with van der Waals surface area (Å²) < 4.78 is 0. The van der Waals surface area contributed by atoms with Gasteiger partial charge in [0, 0.05) is 25.0 Å². The number of hydrogen-bond donors (Lipinski definition) is 2. The molecule has 1 fully saturated rings. The lowest BCUT2D eigenvalue weighted by molar-refractivity contribution is 0.697. The van der Waals surface area contributed by atoms with Crippen LogP contribution in [0.15, 0.2) is 47.5 Å². The molecule has 0 unspecified atom stereocenters. The summed E-state index contributed by atoms with van der Waals surface area (Å²) in [5.74, 6) is 1.61. The number of benzene rings is 2. The normalized spacial score (nSPS) is 23.7. The first-order chi connectivity index (χ1) is 9.92. The highest BCUT2D eigenvalue weighted by Gasteiger charge is 2.39. The Labute approximate surface area is 142 Å². The van der Waals surface area contributed by atoms with Gasteiger partial charge in [-0.05, 0) is 29.2 Å². The molecule has 110 valence electrons. The minimum atomic E-state index is 0. The van der Waals surface area contributed by atoms with Gasteiger partial charge in [-0.2, -0.15) is 0 Å². The van der Waals surface area contributed by atoms with Crippen LogP contribution in [0.3, 0.4) is 0 Å². The first-order valence-corrected chi connectivity index (χ1v) is 7.44. The Morgan fingerprint density at radius 2 is 1.95 bits per heavy atom. The van der Waals surface area contributed by atoms with Crippen molar-refractivity contribution in [1.29, 1.82) is 0 Å². The average Bonchev–Trinajstić information content (AvgIpc) is 3.27. The minimum Gasteiger partial charge on any atom is -0.356 e. The molecule has 4 rings (SSSR count). The summed E-state index contributed by atoms with van der Waals surface area (Å²) in [6.07, 6.45) is 2.34. The number of nitrogens with zero attached hydrogens (tertiary/aromatic N) is 1. The maximum absolute atomic E-state index is 4.49. The fourth-order valence-corrected chi connectivity index (χ4v) is 3.08. The molecular weight excluding hydrogens is 373 g/mol. The molecule has 1 aliphatic heterocycles. The molecule has 21 heavy (non-hydrogen) atoms. The van der Waals surface area contributed by atoms with E-state index in [0.717, 1.165) is 25.5 Å². The summed E-state index contributed by atoms with van der Waals surface area (Å²) in [6.45, 7) is 1.98. The van der Waals surface area contributed by atoms with Crippen molar-refractivity contribution in [2.45, 2.75) is 24.8 Å². The predicted molar refractivity (Wildman–Crippen MR) is 98.6 cm³/mol. The van der Waals surface area contributed by atoms with Crippen LogP contribution in [0.2, 0.25) is 0 Å². The van der Waals surface area contributed by atoms with E-state index in [1.165, 1.54) is 22.8 Å². The molecule has 0 spiro atoms. The van der Waals surface area contributed by atoms with Crippen molar-refractivity contribution in [3.63, 3.8) is 0 Å². The lowest BCUT2D eigenvalue weighted by atomic mass is 10.0. The number of aliphatic imine (C=N–C) groups is 1. The van der Waals surface area contributed by atoms with E-state index >= 15 is 0 Å². The van der Waals surface area contributed by atoms with Gasteiger partial charge in [0.25, 0.3) is 0 Å². The molecule has 2 N–H and O–H groups in total. The monoisotopic (exact) mass is 393 g/mol. The maximum atomic E-state index is 4.49. The zero-order chi connectivity index (χ0) is 13.4. The molecule has 0 bridgehead atoms. The van der Waals surface area contributed by atoms with Gasteiger partial charge in [0.2, 0.25) is 0 Å². The molecule has 0 amide bonds. The largest absolute Gasteiger partial charge is 0.356 e. The molecule has 2 aromatic rings. The Hall–Kier alpha value is -1.30. The van der Waals surface area contributed by atoms with E-state index < -0.39 is 0 Å². The number of fused-ring (bicyclic) bond motifs is 1. The Morgan fingerprint density at radius 3 is 2.81 bits per heavy atom. The van der Waals surface area contributed by atoms with Crippen molar-refractivity contribution >= 4 is 40.7 Å². The topological polar surface area (TPSA) is 36.4 Å². The van der Waals surface area contributed by atoms with Crippen LogP contribution in [0.25, 0.3) is 10.8 Å². The molecular formula is C17H20IN3. The molecule has 2 aromatic carbocycles. The van der Waals surface area contributed by atoms with Crippen molar-refractivity contribution in [2.24, 2.45) is 4.99 Å². The van der Waals surface area contributed by atoms with E-state index in [4.69, 9.17) is 0 Å².